The number of hydrogen-bond acceptors (Lipinski definition) is 2. The molecule has 0 aliphatic carbocycles. The molecule has 0 radical (unpaired) electrons. The molecular weight excluding hydrogens is 203 g/mol. The van der Waals surface area contributed by atoms with E-state index in [1.165, 1.54) is 0 Å². The van der Waals surface area contributed by atoms with Gasteiger partial charge in [-0.1, -0.05) is 23.8 Å². The summed E-state index contributed by atoms with van der Waals surface area (Å²) in [6.45, 7) is 3.78. The highest BCUT2D eigenvalue weighted by atomic mass is 31.2. The molecule has 0 saturated carbocycles. The van der Waals surface area contributed by atoms with Crippen LogP contribution in [0.25, 0.3) is 0 Å². The van der Waals surface area contributed by atoms with Crippen LogP contribution >= 0.6 is 7.82 Å². The molecule has 0 aromatic heterocycles. The molecule has 78 valence electrons. The summed E-state index contributed by atoms with van der Waals surface area (Å²) < 4.78 is 14.9. The first-order chi connectivity index (χ1) is 6.38. The lowest BCUT2D eigenvalue weighted by molar-refractivity contribution is 0.189. The van der Waals surface area contributed by atoms with Gasteiger partial charge in [0.2, 0.25) is 0 Å². The monoisotopic (exact) mass is 216 g/mol. The van der Waals surface area contributed by atoms with Crippen molar-refractivity contribution >= 4 is 7.82 Å². The maximum atomic E-state index is 10.5. The van der Waals surface area contributed by atoms with Gasteiger partial charge in [-0.3, -0.25) is 4.52 Å². The van der Waals surface area contributed by atoms with Crippen LogP contribution in [0, 0.1) is 13.8 Å². The van der Waals surface area contributed by atoms with E-state index in [9.17, 15) is 4.57 Å². The van der Waals surface area contributed by atoms with Crippen LogP contribution in [0.1, 0.15) is 16.7 Å². The zero-order chi connectivity index (χ0) is 10.8. The lowest BCUT2D eigenvalue weighted by atomic mass is 10.1. The topological polar surface area (TPSA) is 66.8 Å². The van der Waals surface area contributed by atoms with E-state index in [2.05, 4.69) is 4.52 Å². The molecular formula is C9H13O4P. The molecule has 0 amide bonds. The van der Waals surface area contributed by atoms with Crippen molar-refractivity contribution in [2.75, 3.05) is 0 Å². The second-order valence-corrected chi connectivity index (χ2v) is 4.43. The maximum Gasteiger partial charge on any atom is 0.469 e. The summed E-state index contributed by atoms with van der Waals surface area (Å²) in [5.41, 5.74) is 2.87. The molecule has 0 fully saturated rings. The van der Waals surface area contributed by atoms with Crippen LogP contribution in [-0.2, 0) is 15.7 Å². The fourth-order valence-electron chi connectivity index (χ4n) is 1.16. The first kappa shape index (κ1) is 11.4. The Kier molecular flexibility index (Phi) is 3.45. The summed E-state index contributed by atoms with van der Waals surface area (Å²) in [4.78, 5) is 17.0. The van der Waals surface area contributed by atoms with Crippen LogP contribution in [0.4, 0.5) is 0 Å². The minimum Gasteiger partial charge on any atom is -0.303 e. The second-order valence-electron chi connectivity index (χ2n) is 3.19. The molecule has 1 rings (SSSR count). The van der Waals surface area contributed by atoms with Gasteiger partial charge in [-0.05, 0) is 25.0 Å². The molecule has 1 aromatic rings. The number of rotatable bonds is 3. The van der Waals surface area contributed by atoms with Gasteiger partial charge in [-0.15, -0.1) is 0 Å². The van der Waals surface area contributed by atoms with E-state index in [1.54, 1.807) is 6.07 Å². The lowest BCUT2D eigenvalue weighted by Gasteiger charge is -2.08. The standard InChI is InChI=1S/C9H13O4P/c1-7-3-4-9(8(2)5-7)6-13-14(10,11)12/h3-5H,6H2,1-2H3,(H2,10,11,12). The molecule has 5 heteroatoms. The van der Waals surface area contributed by atoms with Gasteiger partial charge in [-0.25, -0.2) is 4.57 Å². The van der Waals surface area contributed by atoms with Crippen molar-refractivity contribution in [1.82, 2.24) is 0 Å². The Hall–Kier alpha value is -0.670. The highest BCUT2D eigenvalue weighted by Gasteiger charge is 2.14. The summed E-state index contributed by atoms with van der Waals surface area (Å²) in [6.07, 6.45) is 0. The van der Waals surface area contributed by atoms with E-state index >= 15 is 0 Å². The third-order valence-corrected chi connectivity index (χ3v) is 2.35. The number of benzene rings is 1. The molecule has 0 unspecified atom stereocenters. The first-order valence-corrected chi connectivity index (χ1v) is 5.68. The second kappa shape index (κ2) is 4.24. The third-order valence-electron chi connectivity index (χ3n) is 1.89. The molecule has 0 bridgehead atoms. The fourth-order valence-corrected chi connectivity index (χ4v) is 1.47. The minimum absolute atomic E-state index is 0.0591. The predicted molar refractivity (Wildman–Crippen MR) is 52.7 cm³/mol. The minimum atomic E-state index is -4.36. The van der Waals surface area contributed by atoms with Crippen LogP contribution in [0.3, 0.4) is 0 Å². The van der Waals surface area contributed by atoms with E-state index in [1.807, 2.05) is 26.0 Å². The Morgan fingerprint density at radius 2 is 2.00 bits per heavy atom. The van der Waals surface area contributed by atoms with Gasteiger partial charge >= 0.3 is 7.82 Å². The van der Waals surface area contributed by atoms with E-state index in [-0.39, 0.29) is 6.61 Å². The summed E-state index contributed by atoms with van der Waals surface area (Å²) >= 11 is 0. The predicted octanol–water partition coefficient (Wildman–Crippen LogP) is 1.91. The van der Waals surface area contributed by atoms with Crippen LogP contribution < -0.4 is 0 Å². The molecule has 0 aliphatic rings. The molecule has 2 N–H and O–H groups in total. The molecule has 0 saturated heterocycles. The van der Waals surface area contributed by atoms with E-state index in [4.69, 9.17) is 9.79 Å². The molecule has 4 nitrogen and oxygen atoms in total. The molecule has 14 heavy (non-hydrogen) atoms. The molecule has 0 heterocycles. The first-order valence-electron chi connectivity index (χ1n) is 4.15. The van der Waals surface area contributed by atoms with E-state index in [0.717, 1.165) is 16.7 Å². The van der Waals surface area contributed by atoms with Crippen molar-refractivity contribution in [2.45, 2.75) is 20.5 Å². The van der Waals surface area contributed by atoms with Gasteiger partial charge in [0.15, 0.2) is 0 Å². The quantitative estimate of drug-likeness (QED) is 0.757. The fraction of sp³-hybridized carbons (Fsp3) is 0.333. The number of phosphoric ester groups is 1. The Balaban J connectivity index is 2.73. The molecule has 0 atom stereocenters. The van der Waals surface area contributed by atoms with Crippen LogP contribution in [0.5, 0.6) is 0 Å². The van der Waals surface area contributed by atoms with Gasteiger partial charge in [-0.2, -0.15) is 0 Å². The Bertz CT molecular complexity index is 369. The number of aryl methyl sites for hydroxylation is 2. The van der Waals surface area contributed by atoms with Gasteiger partial charge < -0.3 is 9.79 Å². The summed E-state index contributed by atoms with van der Waals surface area (Å²) in [5, 5.41) is 0. The zero-order valence-corrected chi connectivity index (χ0v) is 8.99. The Labute approximate surface area is 82.8 Å². The van der Waals surface area contributed by atoms with Crippen molar-refractivity contribution in [3.63, 3.8) is 0 Å². The van der Waals surface area contributed by atoms with Crippen molar-refractivity contribution in [3.8, 4) is 0 Å². The molecule has 1 aromatic carbocycles. The molecule has 0 aliphatic heterocycles. The number of hydrogen-bond donors (Lipinski definition) is 2. The van der Waals surface area contributed by atoms with Gasteiger partial charge in [0, 0.05) is 0 Å². The average molecular weight is 216 g/mol. The lowest BCUT2D eigenvalue weighted by Crippen LogP contribution is -1.94. The van der Waals surface area contributed by atoms with E-state index < -0.39 is 7.82 Å². The summed E-state index contributed by atoms with van der Waals surface area (Å²) in [7, 11) is -4.36. The third kappa shape index (κ3) is 3.60. The summed E-state index contributed by atoms with van der Waals surface area (Å²) in [6, 6.07) is 5.63. The van der Waals surface area contributed by atoms with Crippen LogP contribution in [0.15, 0.2) is 18.2 Å². The van der Waals surface area contributed by atoms with Gasteiger partial charge in [0.25, 0.3) is 0 Å². The van der Waals surface area contributed by atoms with Crippen LogP contribution in [-0.4, -0.2) is 9.79 Å². The largest absolute Gasteiger partial charge is 0.469 e. The van der Waals surface area contributed by atoms with Crippen molar-refractivity contribution in [1.29, 1.82) is 0 Å². The Morgan fingerprint density at radius 1 is 1.36 bits per heavy atom. The Morgan fingerprint density at radius 3 is 2.50 bits per heavy atom. The van der Waals surface area contributed by atoms with Gasteiger partial charge in [0.05, 0.1) is 6.61 Å². The highest BCUT2D eigenvalue weighted by Crippen LogP contribution is 2.37. The van der Waals surface area contributed by atoms with Crippen LogP contribution in [0.2, 0.25) is 0 Å². The van der Waals surface area contributed by atoms with Gasteiger partial charge in [0.1, 0.15) is 0 Å². The number of phosphoric acid groups is 1. The average Bonchev–Trinajstić information content (AvgIpc) is 2.00. The zero-order valence-electron chi connectivity index (χ0n) is 8.10. The van der Waals surface area contributed by atoms with Crippen molar-refractivity contribution in [3.05, 3.63) is 34.9 Å². The molecule has 0 spiro atoms. The maximum absolute atomic E-state index is 10.5. The SMILES string of the molecule is Cc1ccc(COP(=O)(O)O)c(C)c1. The summed E-state index contributed by atoms with van der Waals surface area (Å²) in [5.74, 6) is 0. The van der Waals surface area contributed by atoms with E-state index in [0.29, 0.717) is 0 Å². The van der Waals surface area contributed by atoms with Crippen molar-refractivity contribution in [2.24, 2.45) is 0 Å². The smallest absolute Gasteiger partial charge is 0.303 e. The highest BCUT2D eigenvalue weighted by molar-refractivity contribution is 7.46. The van der Waals surface area contributed by atoms with Crippen molar-refractivity contribution < 1.29 is 18.9 Å². The normalized spacial score (nSPS) is 11.7.